The second-order valence-electron chi connectivity index (χ2n) is 5.72. The van der Waals surface area contributed by atoms with E-state index in [-0.39, 0.29) is 11.4 Å². The van der Waals surface area contributed by atoms with E-state index in [0.29, 0.717) is 0 Å². The number of likely N-dealkylation sites (tertiary alicyclic amines) is 1. The van der Waals surface area contributed by atoms with Gasteiger partial charge in [-0.2, -0.15) is 0 Å². The van der Waals surface area contributed by atoms with E-state index < -0.39 is 0 Å². The van der Waals surface area contributed by atoms with Gasteiger partial charge in [0, 0.05) is 12.1 Å². The molecule has 1 heterocycles. The van der Waals surface area contributed by atoms with Gasteiger partial charge < -0.3 is 5.32 Å². The fourth-order valence-corrected chi connectivity index (χ4v) is 3.26. The first-order chi connectivity index (χ1) is 9.18. The topological polar surface area (TPSA) is 15.3 Å². The highest BCUT2D eigenvalue weighted by Crippen LogP contribution is 2.31. The van der Waals surface area contributed by atoms with Crippen molar-refractivity contribution in [2.75, 3.05) is 27.2 Å². The lowest BCUT2D eigenvalue weighted by atomic mass is 9.82. The van der Waals surface area contributed by atoms with Crippen LogP contribution in [0.3, 0.4) is 0 Å². The van der Waals surface area contributed by atoms with Gasteiger partial charge in [-0.05, 0) is 58.0 Å². The monoisotopic (exact) mass is 264 g/mol. The van der Waals surface area contributed by atoms with Crippen molar-refractivity contribution < 1.29 is 4.39 Å². The number of nitrogens with one attached hydrogen (secondary N) is 1. The molecular formula is C16H25FN2. The molecule has 0 aliphatic carbocycles. The van der Waals surface area contributed by atoms with Gasteiger partial charge in [0.05, 0.1) is 0 Å². The number of piperidine rings is 1. The molecule has 1 aromatic carbocycles. The molecule has 2 rings (SSSR count). The lowest BCUT2D eigenvalue weighted by Crippen LogP contribution is -2.55. The Bertz CT molecular complexity index is 403. The lowest BCUT2D eigenvalue weighted by molar-refractivity contribution is 0.0655. The van der Waals surface area contributed by atoms with Crippen LogP contribution in [-0.2, 0) is 6.42 Å². The van der Waals surface area contributed by atoms with Crippen molar-refractivity contribution in [3.8, 4) is 0 Å². The molecule has 0 radical (unpaired) electrons. The summed E-state index contributed by atoms with van der Waals surface area (Å²) in [5.74, 6) is -0.0689. The van der Waals surface area contributed by atoms with Crippen LogP contribution in [0.1, 0.15) is 31.2 Å². The molecule has 1 unspecified atom stereocenters. The van der Waals surface area contributed by atoms with Gasteiger partial charge in [0.2, 0.25) is 0 Å². The van der Waals surface area contributed by atoms with E-state index in [2.05, 4.69) is 17.3 Å². The van der Waals surface area contributed by atoms with Gasteiger partial charge in [-0.3, -0.25) is 4.90 Å². The Labute approximate surface area is 116 Å². The molecule has 1 saturated heterocycles. The van der Waals surface area contributed by atoms with Crippen LogP contribution in [0.4, 0.5) is 4.39 Å². The molecule has 2 nitrogen and oxygen atoms in total. The third-order valence-corrected chi connectivity index (χ3v) is 4.52. The van der Waals surface area contributed by atoms with Crippen LogP contribution < -0.4 is 5.32 Å². The summed E-state index contributed by atoms with van der Waals surface area (Å²) in [7, 11) is 4.21. The average Bonchev–Trinajstić information content (AvgIpc) is 2.41. The summed E-state index contributed by atoms with van der Waals surface area (Å²) in [5, 5.41) is 3.32. The molecule has 106 valence electrons. The zero-order valence-corrected chi connectivity index (χ0v) is 12.1. The van der Waals surface area contributed by atoms with Gasteiger partial charge in [-0.15, -0.1) is 0 Å². The Hall–Kier alpha value is -0.930. The summed E-state index contributed by atoms with van der Waals surface area (Å²) >= 11 is 0. The van der Waals surface area contributed by atoms with E-state index in [1.165, 1.54) is 19.3 Å². The van der Waals surface area contributed by atoms with E-state index in [9.17, 15) is 4.39 Å². The number of hydrogen-bond donors (Lipinski definition) is 1. The Morgan fingerprint density at radius 3 is 2.79 bits per heavy atom. The minimum atomic E-state index is -0.0689. The van der Waals surface area contributed by atoms with E-state index >= 15 is 0 Å². The first kappa shape index (κ1) is 14.5. The van der Waals surface area contributed by atoms with E-state index in [4.69, 9.17) is 0 Å². The van der Waals surface area contributed by atoms with Crippen LogP contribution in [0.25, 0.3) is 0 Å². The summed E-state index contributed by atoms with van der Waals surface area (Å²) in [5.41, 5.74) is 1.03. The Balaban J connectivity index is 2.06. The summed E-state index contributed by atoms with van der Waals surface area (Å²) < 4.78 is 13.7. The van der Waals surface area contributed by atoms with Crippen molar-refractivity contribution in [3.05, 3.63) is 35.6 Å². The minimum Gasteiger partial charge on any atom is -0.318 e. The second-order valence-corrected chi connectivity index (χ2v) is 5.72. The van der Waals surface area contributed by atoms with Crippen LogP contribution in [0, 0.1) is 5.82 Å². The highest BCUT2D eigenvalue weighted by Gasteiger charge is 2.35. The number of likely N-dealkylation sites (N-methyl/N-ethyl adjacent to an activating group) is 2. The zero-order chi connectivity index (χ0) is 13.7. The number of nitrogens with zero attached hydrogens (tertiary/aromatic N) is 1. The van der Waals surface area contributed by atoms with Gasteiger partial charge in [-0.25, -0.2) is 4.39 Å². The molecule has 0 aromatic heterocycles. The third-order valence-electron chi connectivity index (χ3n) is 4.52. The number of benzene rings is 1. The van der Waals surface area contributed by atoms with Gasteiger partial charge in [0.15, 0.2) is 0 Å². The van der Waals surface area contributed by atoms with Gasteiger partial charge >= 0.3 is 0 Å². The molecule has 1 atom stereocenters. The largest absolute Gasteiger partial charge is 0.318 e. The maximum Gasteiger partial charge on any atom is 0.126 e. The smallest absolute Gasteiger partial charge is 0.126 e. The van der Waals surface area contributed by atoms with Crippen LogP contribution in [0.2, 0.25) is 0 Å². The third kappa shape index (κ3) is 3.34. The van der Waals surface area contributed by atoms with Crippen molar-refractivity contribution in [2.24, 2.45) is 0 Å². The Kier molecular flexibility index (Phi) is 4.94. The molecule has 0 saturated carbocycles. The predicted molar refractivity (Wildman–Crippen MR) is 77.9 cm³/mol. The molecule has 1 fully saturated rings. The first-order valence-corrected chi connectivity index (χ1v) is 7.27. The molecule has 3 heteroatoms. The van der Waals surface area contributed by atoms with Crippen molar-refractivity contribution >= 4 is 0 Å². The van der Waals surface area contributed by atoms with Crippen LogP contribution >= 0.6 is 0 Å². The number of hydrogen-bond acceptors (Lipinski definition) is 2. The van der Waals surface area contributed by atoms with Gasteiger partial charge in [-0.1, -0.05) is 24.6 Å². The average molecular weight is 264 g/mol. The fourth-order valence-electron chi connectivity index (χ4n) is 3.26. The quantitative estimate of drug-likeness (QED) is 0.880. The first-order valence-electron chi connectivity index (χ1n) is 7.27. The molecule has 0 amide bonds. The molecule has 19 heavy (non-hydrogen) atoms. The zero-order valence-electron chi connectivity index (χ0n) is 12.1. The summed E-state index contributed by atoms with van der Waals surface area (Å²) in [6.45, 7) is 2.14. The summed E-state index contributed by atoms with van der Waals surface area (Å²) in [6.07, 6.45) is 5.60. The lowest BCUT2D eigenvalue weighted by Gasteiger charge is -2.46. The Morgan fingerprint density at radius 1 is 1.32 bits per heavy atom. The number of rotatable bonds is 5. The van der Waals surface area contributed by atoms with Crippen molar-refractivity contribution in [3.63, 3.8) is 0 Å². The predicted octanol–water partition coefficient (Wildman–Crippen LogP) is 2.83. The maximum atomic E-state index is 13.7. The summed E-state index contributed by atoms with van der Waals surface area (Å²) in [4.78, 5) is 2.47. The SMILES string of the molecule is CNCC1(CCc2ccccc2F)CCCCN1C. The van der Waals surface area contributed by atoms with Crippen molar-refractivity contribution in [1.29, 1.82) is 0 Å². The second kappa shape index (κ2) is 6.49. The van der Waals surface area contributed by atoms with E-state index in [0.717, 1.165) is 31.5 Å². The molecule has 1 aliphatic heterocycles. The molecule has 1 aromatic rings. The minimum absolute atomic E-state index is 0.0689. The molecular weight excluding hydrogens is 239 g/mol. The molecule has 0 spiro atoms. The molecule has 0 bridgehead atoms. The standard InChI is InChI=1S/C16H25FN2/c1-18-13-16(10-5-6-12-19(16)2)11-9-14-7-3-4-8-15(14)17/h3-4,7-8,18H,5-6,9-13H2,1-2H3. The van der Waals surface area contributed by atoms with Gasteiger partial charge in [0.25, 0.3) is 0 Å². The fraction of sp³-hybridized carbons (Fsp3) is 0.625. The van der Waals surface area contributed by atoms with Crippen LogP contribution in [0.15, 0.2) is 24.3 Å². The normalized spacial score (nSPS) is 24.6. The van der Waals surface area contributed by atoms with E-state index in [1.54, 1.807) is 12.1 Å². The highest BCUT2D eigenvalue weighted by molar-refractivity contribution is 5.18. The highest BCUT2D eigenvalue weighted by atomic mass is 19.1. The maximum absolute atomic E-state index is 13.7. The Morgan fingerprint density at radius 2 is 2.11 bits per heavy atom. The van der Waals surface area contributed by atoms with E-state index in [1.807, 2.05) is 19.2 Å². The van der Waals surface area contributed by atoms with Crippen molar-refractivity contribution in [2.45, 2.75) is 37.6 Å². The van der Waals surface area contributed by atoms with Gasteiger partial charge in [0.1, 0.15) is 5.82 Å². The summed E-state index contributed by atoms with van der Waals surface area (Å²) in [6, 6.07) is 7.15. The molecule has 1 aliphatic rings. The van der Waals surface area contributed by atoms with Crippen LogP contribution in [0.5, 0.6) is 0 Å². The number of halogens is 1. The molecule has 1 N–H and O–H groups in total. The van der Waals surface area contributed by atoms with Crippen molar-refractivity contribution in [1.82, 2.24) is 10.2 Å². The van der Waals surface area contributed by atoms with Crippen LogP contribution in [-0.4, -0.2) is 37.6 Å². The number of aryl methyl sites for hydroxylation is 1.